The minimum absolute atomic E-state index is 0.0367. The average Bonchev–Trinajstić information content (AvgIpc) is 3.20. The maximum absolute atomic E-state index is 12.5. The Balaban J connectivity index is 1.47. The number of carbonyl (C=O) groups is 4. The van der Waals surface area contributed by atoms with Crippen LogP contribution in [0.25, 0.3) is 0 Å². The summed E-state index contributed by atoms with van der Waals surface area (Å²) in [5.74, 6) is -0.468. The van der Waals surface area contributed by atoms with Crippen LogP contribution in [-0.2, 0) is 20.7 Å². The molecule has 3 rings (SSSR count). The fourth-order valence-corrected chi connectivity index (χ4v) is 3.87. The molecule has 0 unspecified atom stereocenters. The molecule has 0 saturated carbocycles. The van der Waals surface area contributed by atoms with Crippen molar-refractivity contribution in [2.45, 2.75) is 20.3 Å². The number of anilines is 3. The van der Waals surface area contributed by atoms with E-state index in [0.717, 1.165) is 0 Å². The molecular formula is C21H26N6O5S. The fourth-order valence-electron chi connectivity index (χ4n) is 3.17. The van der Waals surface area contributed by atoms with E-state index in [2.05, 4.69) is 20.9 Å². The van der Waals surface area contributed by atoms with Crippen LogP contribution in [0.2, 0.25) is 0 Å². The predicted molar refractivity (Wildman–Crippen MR) is 124 cm³/mol. The molecule has 12 heteroatoms. The average molecular weight is 475 g/mol. The standard InChI is InChI=1S/C21H26N6O5S/c1-3-32-21(31)27-9-7-26(8-10-27)20(30)25-19-24-17(13-33-19)12-18(29)23-16-6-4-5-15(11-16)22-14(2)28/h4-6,11,13H,3,7-10,12H2,1-2H3,(H,22,28)(H,23,29)(H,24,25,30). The maximum Gasteiger partial charge on any atom is 0.409 e. The van der Waals surface area contributed by atoms with Crippen molar-refractivity contribution in [3.8, 4) is 0 Å². The van der Waals surface area contributed by atoms with Gasteiger partial charge in [0.15, 0.2) is 5.13 Å². The lowest BCUT2D eigenvalue weighted by Gasteiger charge is -2.33. The fraction of sp³-hybridized carbons (Fsp3) is 0.381. The molecule has 33 heavy (non-hydrogen) atoms. The molecule has 0 aliphatic carbocycles. The molecule has 1 saturated heterocycles. The lowest BCUT2D eigenvalue weighted by Crippen LogP contribution is -2.51. The van der Waals surface area contributed by atoms with Gasteiger partial charge in [0, 0.05) is 49.9 Å². The summed E-state index contributed by atoms with van der Waals surface area (Å²) >= 11 is 1.23. The van der Waals surface area contributed by atoms with Crippen molar-refractivity contribution in [1.82, 2.24) is 14.8 Å². The van der Waals surface area contributed by atoms with Gasteiger partial charge in [-0.25, -0.2) is 14.6 Å². The molecule has 0 bridgehead atoms. The van der Waals surface area contributed by atoms with Crippen LogP contribution in [0.15, 0.2) is 29.6 Å². The summed E-state index contributed by atoms with van der Waals surface area (Å²) < 4.78 is 4.98. The Labute approximate surface area is 195 Å². The van der Waals surface area contributed by atoms with E-state index in [9.17, 15) is 19.2 Å². The first-order valence-electron chi connectivity index (χ1n) is 10.4. The number of amides is 5. The third-order valence-electron chi connectivity index (χ3n) is 4.67. The van der Waals surface area contributed by atoms with Crippen molar-refractivity contribution in [1.29, 1.82) is 0 Å². The maximum atomic E-state index is 12.5. The van der Waals surface area contributed by atoms with E-state index < -0.39 is 0 Å². The van der Waals surface area contributed by atoms with E-state index in [1.807, 2.05) is 0 Å². The molecular weight excluding hydrogens is 448 g/mol. The smallest absolute Gasteiger partial charge is 0.409 e. The molecule has 2 aromatic rings. The summed E-state index contributed by atoms with van der Waals surface area (Å²) in [6, 6.07) is 6.52. The van der Waals surface area contributed by atoms with Crippen LogP contribution in [0.3, 0.4) is 0 Å². The van der Waals surface area contributed by atoms with E-state index in [-0.39, 0.29) is 30.4 Å². The van der Waals surface area contributed by atoms with E-state index in [1.54, 1.807) is 46.4 Å². The van der Waals surface area contributed by atoms with Gasteiger partial charge in [0.25, 0.3) is 0 Å². The van der Waals surface area contributed by atoms with Crippen LogP contribution in [0.5, 0.6) is 0 Å². The second-order valence-corrected chi connectivity index (χ2v) is 8.09. The van der Waals surface area contributed by atoms with E-state index in [4.69, 9.17) is 4.74 Å². The van der Waals surface area contributed by atoms with Crippen molar-refractivity contribution in [2.75, 3.05) is 48.7 Å². The van der Waals surface area contributed by atoms with Gasteiger partial charge < -0.3 is 25.2 Å². The SMILES string of the molecule is CCOC(=O)N1CCN(C(=O)Nc2nc(CC(=O)Nc3cccc(NC(C)=O)c3)cs2)CC1. The van der Waals surface area contributed by atoms with Gasteiger partial charge in [0.1, 0.15) is 0 Å². The van der Waals surface area contributed by atoms with Gasteiger partial charge in [-0.2, -0.15) is 0 Å². The Morgan fingerprint density at radius 3 is 2.36 bits per heavy atom. The second-order valence-electron chi connectivity index (χ2n) is 7.23. The van der Waals surface area contributed by atoms with Crippen LogP contribution in [-0.4, -0.2) is 71.5 Å². The van der Waals surface area contributed by atoms with Crippen LogP contribution in [0, 0.1) is 0 Å². The molecule has 1 aliphatic heterocycles. The van der Waals surface area contributed by atoms with Crippen LogP contribution in [0.1, 0.15) is 19.5 Å². The molecule has 3 N–H and O–H groups in total. The first-order chi connectivity index (χ1) is 15.8. The van der Waals surface area contributed by atoms with Crippen molar-refractivity contribution in [2.24, 2.45) is 0 Å². The lowest BCUT2D eigenvalue weighted by molar-refractivity contribution is -0.116. The van der Waals surface area contributed by atoms with Crippen LogP contribution < -0.4 is 16.0 Å². The molecule has 11 nitrogen and oxygen atoms in total. The number of carbonyl (C=O) groups excluding carboxylic acids is 4. The largest absolute Gasteiger partial charge is 0.450 e. The van der Waals surface area contributed by atoms with E-state index in [0.29, 0.717) is 55.0 Å². The van der Waals surface area contributed by atoms with Gasteiger partial charge in [-0.3, -0.25) is 14.9 Å². The minimum atomic E-state index is -0.373. The summed E-state index contributed by atoms with van der Waals surface area (Å²) in [6.45, 7) is 5.06. The van der Waals surface area contributed by atoms with Gasteiger partial charge in [-0.15, -0.1) is 11.3 Å². The molecule has 176 valence electrons. The first kappa shape index (κ1) is 24.0. The van der Waals surface area contributed by atoms with Gasteiger partial charge >= 0.3 is 12.1 Å². The number of hydrogen-bond acceptors (Lipinski definition) is 7. The normalized spacial score (nSPS) is 13.3. The number of urea groups is 1. The summed E-state index contributed by atoms with van der Waals surface area (Å²) in [4.78, 5) is 55.3. The number of nitrogens with one attached hydrogen (secondary N) is 3. The Morgan fingerprint density at radius 1 is 1.03 bits per heavy atom. The number of ether oxygens (including phenoxy) is 1. The van der Waals surface area contributed by atoms with Crippen molar-refractivity contribution in [3.63, 3.8) is 0 Å². The highest BCUT2D eigenvalue weighted by Gasteiger charge is 2.25. The van der Waals surface area contributed by atoms with E-state index >= 15 is 0 Å². The Morgan fingerprint density at radius 2 is 1.70 bits per heavy atom. The highest BCUT2D eigenvalue weighted by Crippen LogP contribution is 2.19. The summed E-state index contributed by atoms with van der Waals surface area (Å²) in [6.07, 6.45) is -0.336. The number of piperazine rings is 1. The van der Waals surface area contributed by atoms with E-state index in [1.165, 1.54) is 18.3 Å². The molecule has 1 aromatic heterocycles. The summed E-state index contributed by atoms with van der Waals surface area (Å²) in [5.41, 5.74) is 1.66. The molecule has 1 aliphatic rings. The van der Waals surface area contributed by atoms with Gasteiger partial charge in [0.2, 0.25) is 11.8 Å². The van der Waals surface area contributed by atoms with Crippen LogP contribution >= 0.6 is 11.3 Å². The monoisotopic (exact) mass is 474 g/mol. The Kier molecular flexibility index (Phi) is 8.19. The summed E-state index contributed by atoms with van der Waals surface area (Å²) in [5, 5.41) is 10.3. The highest BCUT2D eigenvalue weighted by molar-refractivity contribution is 7.13. The van der Waals surface area contributed by atoms with Gasteiger partial charge in [-0.1, -0.05) is 6.07 Å². The summed E-state index contributed by atoms with van der Waals surface area (Å²) in [7, 11) is 0. The first-order valence-corrected chi connectivity index (χ1v) is 11.3. The molecule has 0 spiro atoms. The van der Waals surface area contributed by atoms with Crippen LogP contribution in [0.4, 0.5) is 26.1 Å². The molecule has 1 aromatic carbocycles. The van der Waals surface area contributed by atoms with Crippen molar-refractivity contribution >= 4 is 51.8 Å². The zero-order valence-corrected chi connectivity index (χ0v) is 19.2. The minimum Gasteiger partial charge on any atom is -0.450 e. The number of thiazole rings is 1. The second kappa shape index (κ2) is 11.3. The lowest BCUT2D eigenvalue weighted by atomic mass is 10.2. The van der Waals surface area contributed by atoms with Crippen molar-refractivity contribution < 1.29 is 23.9 Å². The number of aromatic nitrogens is 1. The molecule has 0 radical (unpaired) electrons. The number of benzene rings is 1. The zero-order valence-electron chi connectivity index (χ0n) is 18.4. The topological polar surface area (TPSA) is 133 Å². The zero-order chi connectivity index (χ0) is 23.8. The third kappa shape index (κ3) is 7.17. The third-order valence-corrected chi connectivity index (χ3v) is 5.47. The van der Waals surface area contributed by atoms with Gasteiger partial charge in [-0.05, 0) is 25.1 Å². The van der Waals surface area contributed by atoms with Crippen molar-refractivity contribution in [3.05, 3.63) is 35.3 Å². The van der Waals surface area contributed by atoms with Gasteiger partial charge in [0.05, 0.1) is 18.7 Å². The number of nitrogens with zero attached hydrogens (tertiary/aromatic N) is 3. The molecule has 0 atom stereocenters. The number of hydrogen-bond donors (Lipinski definition) is 3. The molecule has 2 heterocycles. The predicted octanol–water partition coefficient (Wildman–Crippen LogP) is 2.59. The molecule has 5 amide bonds. The quantitative estimate of drug-likeness (QED) is 0.589. The Hall–Kier alpha value is -3.67. The highest BCUT2D eigenvalue weighted by atomic mass is 32.1. The molecule has 1 fully saturated rings. The number of rotatable bonds is 6. The Bertz CT molecular complexity index is 1020.